The molecule has 11 nitrogen and oxygen atoms in total. The van der Waals surface area contributed by atoms with E-state index in [2.05, 4.69) is 166 Å². The normalized spacial score (nSPS) is 18.0. The topological polar surface area (TPSA) is 180 Å². The van der Waals surface area contributed by atoms with Crippen LogP contribution in [0.2, 0.25) is 0 Å². The number of nitrogens with two attached hydrogens (primary N) is 2. The van der Waals surface area contributed by atoms with E-state index in [9.17, 15) is 29.4 Å². The number of imide groups is 2. The first-order chi connectivity index (χ1) is 34.7. The van der Waals surface area contributed by atoms with Crippen molar-refractivity contribution in [2.75, 3.05) is 26.2 Å². The van der Waals surface area contributed by atoms with E-state index >= 15 is 0 Å². The van der Waals surface area contributed by atoms with Crippen molar-refractivity contribution in [2.24, 2.45) is 23.3 Å². The predicted molar refractivity (Wildman–Crippen MR) is 334 cm³/mol. The van der Waals surface area contributed by atoms with Gasteiger partial charge in [0.1, 0.15) is 0 Å². The Labute approximate surface area is 489 Å². The van der Waals surface area contributed by atoms with E-state index in [0.29, 0.717) is 79.5 Å². The summed E-state index contributed by atoms with van der Waals surface area (Å²) >= 11 is 12.7. The van der Waals surface area contributed by atoms with Gasteiger partial charge < -0.3 is 26.4 Å². The van der Waals surface area contributed by atoms with Gasteiger partial charge in [0.25, 0.3) is 23.6 Å². The molecular weight excluding hydrogens is 1700 g/mol. The van der Waals surface area contributed by atoms with Gasteiger partial charge in [-0.05, 0) is 134 Å². The first kappa shape index (κ1) is 60.5. The second kappa shape index (κ2) is 31.0. The molecule has 5 aromatic rings. The van der Waals surface area contributed by atoms with Crippen LogP contribution in [-0.2, 0) is 43.3 Å². The third-order valence-corrected chi connectivity index (χ3v) is 13.4. The Hall–Kier alpha value is -0.710. The number of β-amino-alcohol motifs (C(OH)–C–C–N with tert-alkyl or cyclic N) is 1. The van der Waals surface area contributed by atoms with Crippen LogP contribution in [-0.4, -0.2) is 94.2 Å². The number of carbonyl (C=O) groups excluding carboxylic acids is 4. The van der Waals surface area contributed by atoms with E-state index < -0.39 is 6.10 Å². The molecule has 4 amide bonds. The molecule has 3 heterocycles. The molecule has 3 atom stereocenters. The number of aliphatic hydroxyl groups excluding tert-OH is 2. The number of carbonyl (C=O) groups is 4. The maximum absolute atomic E-state index is 12.3. The number of amides is 4. The molecule has 1 saturated heterocycles. The fourth-order valence-electron chi connectivity index (χ4n) is 9.76. The van der Waals surface area contributed by atoms with E-state index in [-0.39, 0.29) is 50.3 Å². The van der Waals surface area contributed by atoms with Crippen LogP contribution >= 0.6 is 101 Å². The predicted octanol–water partition coefficient (Wildman–Crippen LogP) is 8.45. The molecule has 5 aromatic carbocycles. The summed E-state index contributed by atoms with van der Waals surface area (Å²) < 4.78 is 5.02. The van der Waals surface area contributed by atoms with Crippen molar-refractivity contribution < 1.29 is 47.4 Å². The van der Waals surface area contributed by atoms with Crippen LogP contribution < -0.4 is 24.7 Å². The Morgan fingerprint density at radius 3 is 1.17 bits per heavy atom. The van der Waals surface area contributed by atoms with Crippen LogP contribution in [0.15, 0.2) is 121 Å². The third kappa shape index (κ3) is 18.2. The van der Waals surface area contributed by atoms with Crippen molar-refractivity contribution in [1.29, 1.82) is 0 Å². The zero-order valence-corrected chi connectivity index (χ0v) is 54.6. The van der Waals surface area contributed by atoms with Gasteiger partial charge in [0.05, 0.1) is 60.3 Å². The van der Waals surface area contributed by atoms with E-state index in [0.717, 1.165) is 44.9 Å². The number of hydrogen-bond acceptors (Lipinski definition) is 9. The van der Waals surface area contributed by atoms with Gasteiger partial charge in [-0.15, -0.1) is 0 Å². The number of halogens is 7. The molecule has 6 aliphatic rings. The fourth-order valence-corrected chi connectivity index (χ4v) is 9.76. The standard InChI is InChI=1S/C21H21NO3.C13H19NO.C11H9NO3.C9H11N.I4.I3/c23-17(10-9-14-11-15-5-1-2-6-16(15)12-14)13-22-20(24)18-7-3-4-8-19(18)21(22)25;14-9-13(15)6-5-10-7-11-3-1-2-4-12(11)8-10;13-10-8-3-1-2-4-9(8)11(14)12(10)5-7-6-15-7;10-9-5-7-3-1-2-4-8(7)6-9;1-4(2)3;1-3-2/h1-8,14,17,23H,9-13H2;1-4,10,13,15H,5-9,14H2;1-4,7H,5-6H2;1-4,9H,5-6,10H2;;/q;;;;;-1/t17-;13-;7-;;;/m110.../s1. The van der Waals surface area contributed by atoms with Crippen molar-refractivity contribution in [3.05, 3.63) is 177 Å². The van der Waals surface area contributed by atoms with Crippen LogP contribution in [0.1, 0.15) is 100 Å². The summed E-state index contributed by atoms with van der Waals surface area (Å²) in [5.74, 6) is 0.246. The second-order valence-corrected chi connectivity index (χ2v) is 83.4. The molecule has 0 spiro atoms. The van der Waals surface area contributed by atoms with Crippen LogP contribution in [0.3, 0.4) is 0 Å². The number of ether oxygens (including phenoxy) is 1. The summed E-state index contributed by atoms with van der Waals surface area (Å²) in [4.78, 5) is 50.8. The van der Waals surface area contributed by atoms with Crippen LogP contribution in [0, 0.1) is 11.8 Å². The second-order valence-electron chi connectivity index (χ2n) is 18.4. The number of fused-ring (bicyclic) bond motifs is 5. The monoisotopic (exact) mass is 1760 g/mol. The summed E-state index contributed by atoms with van der Waals surface area (Å²) in [5.41, 5.74) is 21.7. The summed E-state index contributed by atoms with van der Waals surface area (Å²) in [6, 6.07) is 39.7. The third-order valence-electron chi connectivity index (χ3n) is 13.4. The molecule has 11 rings (SSSR count). The van der Waals surface area contributed by atoms with Crippen molar-refractivity contribution in [3.63, 3.8) is 0 Å². The Morgan fingerprint density at radius 2 is 0.847 bits per heavy atom. The van der Waals surface area contributed by atoms with E-state index in [4.69, 9.17) is 16.2 Å². The van der Waals surface area contributed by atoms with Crippen LogP contribution in [0.5, 0.6) is 0 Å². The van der Waals surface area contributed by atoms with Gasteiger partial charge in [-0.1, -0.05) is 97.1 Å². The molecule has 6 N–H and O–H groups in total. The van der Waals surface area contributed by atoms with Gasteiger partial charge in [-0.2, -0.15) is 0 Å². The SMILES string of the molecule is II(I)I.I[I-]I.NC1Cc2ccccc2C1.NC[C@H](O)CCC1Cc2ccccc2C1.O=C1c2ccccc2C(=O)N1C[C@H](O)CCC1Cc2ccccc2C1.O=C1c2ccccc2C(=O)N1C[C@H]1CO1. The first-order valence-electron chi connectivity index (χ1n) is 23.8. The Balaban J connectivity index is 0.000000157. The molecule has 3 aliphatic heterocycles. The average molecular weight is 1770 g/mol. The summed E-state index contributed by atoms with van der Waals surface area (Å²) in [7, 11) is -0.353. The van der Waals surface area contributed by atoms with Crippen molar-refractivity contribution in [3.8, 4) is 0 Å². The molecule has 0 unspecified atom stereocenters. The Bertz CT molecular complexity index is 2460. The van der Waals surface area contributed by atoms with E-state index in [1.807, 2.05) is 0 Å². The molecular formula is C54H60I7N4O7-. The van der Waals surface area contributed by atoms with Crippen molar-refractivity contribution in [1.82, 2.24) is 9.80 Å². The number of hydrogen-bond donors (Lipinski definition) is 4. The molecule has 0 aromatic heterocycles. The largest absolute Gasteiger partial charge is 0.392 e. The smallest absolute Gasteiger partial charge is 0.261 e. The minimum atomic E-state index is -0.675. The maximum atomic E-state index is 12.3. The summed E-state index contributed by atoms with van der Waals surface area (Å²) in [6.45, 7) is 1.49. The molecule has 3 aliphatic carbocycles. The maximum Gasteiger partial charge on any atom is 0.261 e. The number of benzene rings is 5. The quantitative estimate of drug-likeness (QED) is 0.0574. The van der Waals surface area contributed by atoms with Crippen molar-refractivity contribution >= 4 is 125 Å². The molecule has 1 fully saturated rings. The minimum Gasteiger partial charge on any atom is -0.392 e. The number of nitrogens with zero attached hydrogens (tertiary/aromatic N) is 2. The van der Waals surface area contributed by atoms with Crippen LogP contribution in [0.25, 0.3) is 0 Å². The van der Waals surface area contributed by atoms with Gasteiger partial charge >= 0.3 is 114 Å². The zero-order valence-electron chi connectivity index (χ0n) is 39.5. The van der Waals surface area contributed by atoms with Gasteiger partial charge in [-0.25, -0.2) is 0 Å². The fraction of sp³-hybridized carbons (Fsp3) is 0.370. The van der Waals surface area contributed by atoms with Gasteiger partial charge in [0, 0.05) is 12.6 Å². The van der Waals surface area contributed by atoms with Crippen molar-refractivity contribution in [2.45, 2.75) is 88.6 Å². The van der Waals surface area contributed by atoms with E-state index in [1.54, 1.807) is 48.5 Å². The molecule has 388 valence electrons. The molecule has 0 saturated carbocycles. The number of epoxide rings is 1. The Kier molecular flexibility index (Phi) is 26.1. The number of rotatable bonds is 11. The van der Waals surface area contributed by atoms with Gasteiger partial charge in [0.2, 0.25) is 0 Å². The molecule has 72 heavy (non-hydrogen) atoms. The zero-order chi connectivity index (χ0) is 51.7. The molecule has 0 bridgehead atoms. The van der Waals surface area contributed by atoms with E-state index in [1.165, 1.54) is 56.0 Å². The van der Waals surface area contributed by atoms with Gasteiger partial charge in [0.15, 0.2) is 0 Å². The number of aliphatic hydroxyl groups is 2. The Morgan fingerprint density at radius 1 is 0.556 bits per heavy atom. The van der Waals surface area contributed by atoms with Crippen LogP contribution in [0.4, 0.5) is 0 Å². The minimum absolute atomic E-state index is 0.0483. The summed E-state index contributed by atoms with van der Waals surface area (Å²) in [5, 5.41) is 19.8. The first-order valence-corrected chi connectivity index (χ1v) is 55.2. The molecule has 18 heteroatoms. The average Bonchev–Trinajstić information content (AvgIpc) is 3.60. The van der Waals surface area contributed by atoms with Gasteiger partial charge in [-0.3, -0.25) is 29.0 Å². The summed E-state index contributed by atoms with van der Waals surface area (Å²) in [6.07, 6.45) is 9.08. The molecule has 0 radical (unpaired) electrons.